The molecule has 1 saturated heterocycles. The largest absolute Gasteiger partial charge is 0.455 e. The van der Waals surface area contributed by atoms with E-state index < -0.39 is 24.4 Å². The summed E-state index contributed by atoms with van der Waals surface area (Å²) in [5.41, 5.74) is 0.584. The van der Waals surface area contributed by atoms with Crippen LogP contribution in [0.15, 0.2) is 11.6 Å². The van der Waals surface area contributed by atoms with E-state index >= 15 is 0 Å². The van der Waals surface area contributed by atoms with Crippen LogP contribution in [0.5, 0.6) is 0 Å². The van der Waals surface area contributed by atoms with Crippen LogP contribution >= 0.6 is 0 Å². The van der Waals surface area contributed by atoms with Crippen molar-refractivity contribution in [1.82, 2.24) is 0 Å². The third-order valence-electron chi connectivity index (χ3n) is 9.14. The average Bonchev–Trinajstić information content (AvgIpc) is 3.57. The van der Waals surface area contributed by atoms with Crippen LogP contribution in [-0.4, -0.2) is 69.1 Å². The fraction of sp³-hybridized carbons (Fsp3) is 0.914. The van der Waals surface area contributed by atoms with Gasteiger partial charge in [0.2, 0.25) is 0 Å². The summed E-state index contributed by atoms with van der Waals surface area (Å²) in [6.45, 7) is 4.08. The zero-order valence-electron chi connectivity index (χ0n) is 26.9. The van der Waals surface area contributed by atoms with Crippen LogP contribution in [0.3, 0.4) is 0 Å². The summed E-state index contributed by atoms with van der Waals surface area (Å²) in [4.78, 5) is 11.7. The highest BCUT2D eigenvalue weighted by atomic mass is 16.5. The van der Waals surface area contributed by atoms with Crippen LogP contribution in [-0.2, 0) is 14.3 Å². The number of aliphatic hydroxyl groups excluding tert-OH is 4. The number of cyclic esters (lactones) is 1. The fourth-order valence-electron chi connectivity index (χ4n) is 6.40. The van der Waals surface area contributed by atoms with E-state index in [0.29, 0.717) is 37.7 Å². The summed E-state index contributed by atoms with van der Waals surface area (Å²) in [7, 11) is 0. The summed E-state index contributed by atoms with van der Waals surface area (Å²) in [6, 6.07) is 0. The van der Waals surface area contributed by atoms with E-state index in [2.05, 4.69) is 6.92 Å². The van der Waals surface area contributed by atoms with E-state index in [9.17, 15) is 25.2 Å². The summed E-state index contributed by atoms with van der Waals surface area (Å²) in [5.74, 6) is -0.308. The number of aliphatic hydroxyl groups is 4. The normalized spacial score (nSPS) is 23.5. The van der Waals surface area contributed by atoms with Gasteiger partial charge in [-0.25, -0.2) is 4.79 Å². The molecule has 7 nitrogen and oxygen atoms in total. The lowest BCUT2D eigenvalue weighted by atomic mass is 9.97. The lowest BCUT2D eigenvalue weighted by Gasteiger charge is -2.22. The molecule has 0 bridgehead atoms. The van der Waals surface area contributed by atoms with Gasteiger partial charge < -0.3 is 29.9 Å². The zero-order valence-corrected chi connectivity index (χ0v) is 26.9. The molecule has 0 amide bonds. The molecule has 2 rings (SSSR count). The Hall–Kier alpha value is -0.990. The van der Waals surface area contributed by atoms with E-state index in [0.717, 1.165) is 51.4 Å². The number of ether oxygens (including phenoxy) is 2. The number of unbranched alkanes of at least 4 members (excludes halogenated alkanes) is 13. The molecule has 246 valence electrons. The molecular formula is C35H64O7. The second-order valence-electron chi connectivity index (χ2n) is 13.1. The monoisotopic (exact) mass is 596 g/mol. The predicted molar refractivity (Wildman–Crippen MR) is 168 cm³/mol. The van der Waals surface area contributed by atoms with Gasteiger partial charge in [0.25, 0.3) is 0 Å². The lowest BCUT2D eigenvalue weighted by molar-refractivity contribution is -0.139. The van der Waals surface area contributed by atoms with Gasteiger partial charge >= 0.3 is 5.97 Å². The van der Waals surface area contributed by atoms with Crippen LogP contribution in [0.1, 0.15) is 162 Å². The van der Waals surface area contributed by atoms with E-state index in [-0.39, 0.29) is 24.3 Å². The lowest BCUT2D eigenvalue weighted by Crippen LogP contribution is -2.31. The smallest absolute Gasteiger partial charge is 0.334 e. The summed E-state index contributed by atoms with van der Waals surface area (Å²) in [5, 5.41) is 41.6. The van der Waals surface area contributed by atoms with Crippen molar-refractivity contribution in [2.45, 2.75) is 204 Å². The van der Waals surface area contributed by atoms with Crippen molar-refractivity contribution >= 4 is 5.97 Å². The van der Waals surface area contributed by atoms with Gasteiger partial charge in [0.05, 0.1) is 36.6 Å². The number of hydrogen-bond acceptors (Lipinski definition) is 7. The molecule has 42 heavy (non-hydrogen) atoms. The van der Waals surface area contributed by atoms with Crippen molar-refractivity contribution in [3.05, 3.63) is 11.6 Å². The summed E-state index contributed by atoms with van der Waals surface area (Å²) in [6.07, 6.45) is 22.3. The van der Waals surface area contributed by atoms with Crippen LogP contribution < -0.4 is 0 Å². The van der Waals surface area contributed by atoms with Gasteiger partial charge in [0.15, 0.2) is 0 Å². The van der Waals surface area contributed by atoms with Crippen LogP contribution in [0, 0.1) is 0 Å². The van der Waals surface area contributed by atoms with Crippen LogP contribution in [0.25, 0.3) is 0 Å². The SMILES string of the molecule is CCCCCCCCCCCCCCC(O)C(O)CC[C@H](O)[C@H]1CC[C@H](CCCCC[C@@H](O)CC2=C[C@H](C)OC2=O)O1. The first-order valence-electron chi connectivity index (χ1n) is 17.6. The van der Waals surface area contributed by atoms with Crippen LogP contribution in [0.2, 0.25) is 0 Å². The van der Waals surface area contributed by atoms with E-state index in [1.54, 1.807) is 6.08 Å². The highest BCUT2D eigenvalue weighted by Gasteiger charge is 2.31. The molecule has 0 saturated carbocycles. The van der Waals surface area contributed by atoms with Gasteiger partial charge in [-0.15, -0.1) is 0 Å². The standard InChI is InChI=1S/C35H64O7/c1-3-4-5-6-7-8-9-10-11-12-13-17-20-31(37)32(38)22-23-33(39)34-24-21-30(42-34)19-16-14-15-18-29(36)26-28-25-27(2)41-35(28)40/h25,27,29-34,36-39H,3-24,26H2,1-2H3/t27-,29+,30-,31?,32?,33-,34+/m0/s1. The predicted octanol–water partition coefficient (Wildman–Crippen LogP) is 7.06. The van der Waals surface area contributed by atoms with Crippen molar-refractivity contribution in [3.8, 4) is 0 Å². The first kappa shape index (κ1) is 37.2. The minimum absolute atomic E-state index is 0.149. The molecule has 0 aromatic rings. The Morgan fingerprint density at radius 2 is 1.31 bits per heavy atom. The van der Waals surface area contributed by atoms with Gasteiger partial charge in [-0.05, 0) is 57.9 Å². The topological polar surface area (TPSA) is 116 Å². The van der Waals surface area contributed by atoms with E-state index in [1.807, 2.05) is 6.92 Å². The minimum Gasteiger partial charge on any atom is -0.455 e. The van der Waals surface area contributed by atoms with Crippen molar-refractivity contribution < 1.29 is 34.7 Å². The molecule has 2 aliphatic heterocycles. The molecule has 0 aromatic carbocycles. The number of rotatable bonds is 26. The maximum atomic E-state index is 11.7. The molecular weight excluding hydrogens is 532 g/mol. The van der Waals surface area contributed by atoms with E-state index in [1.165, 1.54) is 64.2 Å². The summed E-state index contributed by atoms with van der Waals surface area (Å²) < 4.78 is 11.2. The molecule has 4 N–H and O–H groups in total. The molecule has 7 atom stereocenters. The highest BCUT2D eigenvalue weighted by Crippen LogP contribution is 2.28. The number of carbonyl (C=O) groups excluding carboxylic acids is 1. The third-order valence-corrected chi connectivity index (χ3v) is 9.14. The van der Waals surface area contributed by atoms with E-state index in [4.69, 9.17) is 9.47 Å². The van der Waals surface area contributed by atoms with Crippen LogP contribution in [0.4, 0.5) is 0 Å². The molecule has 0 aromatic heterocycles. The van der Waals surface area contributed by atoms with Crippen molar-refractivity contribution in [2.24, 2.45) is 0 Å². The zero-order chi connectivity index (χ0) is 30.6. The Balaban J connectivity index is 1.43. The third kappa shape index (κ3) is 16.2. The molecule has 2 aliphatic rings. The number of esters is 1. The Labute approximate surface area is 256 Å². The Morgan fingerprint density at radius 3 is 1.93 bits per heavy atom. The van der Waals surface area contributed by atoms with Crippen molar-refractivity contribution in [2.75, 3.05) is 0 Å². The molecule has 2 heterocycles. The maximum Gasteiger partial charge on any atom is 0.334 e. The molecule has 0 aliphatic carbocycles. The quantitative estimate of drug-likeness (QED) is 0.0624. The number of carbonyl (C=O) groups is 1. The Bertz CT molecular complexity index is 726. The first-order valence-corrected chi connectivity index (χ1v) is 17.6. The molecule has 0 spiro atoms. The van der Waals surface area contributed by atoms with Gasteiger partial charge in [-0.3, -0.25) is 0 Å². The van der Waals surface area contributed by atoms with Crippen molar-refractivity contribution in [1.29, 1.82) is 0 Å². The molecule has 0 radical (unpaired) electrons. The summed E-state index contributed by atoms with van der Waals surface area (Å²) >= 11 is 0. The van der Waals surface area contributed by atoms with Crippen molar-refractivity contribution in [3.63, 3.8) is 0 Å². The number of hydrogen-bond donors (Lipinski definition) is 4. The maximum absolute atomic E-state index is 11.7. The second kappa shape index (κ2) is 22.5. The van der Waals surface area contributed by atoms with Gasteiger partial charge in [0, 0.05) is 12.0 Å². The second-order valence-corrected chi connectivity index (χ2v) is 13.1. The minimum atomic E-state index is -0.793. The molecule has 7 heteroatoms. The average molecular weight is 597 g/mol. The van der Waals surface area contributed by atoms with Gasteiger partial charge in [-0.1, -0.05) is 103 Å². The Kier molecular flexibility index (Phi) is 19.9. The fourth-order valence-corrected chi connectivity index (χ4v) is 6.40. The molecule has 1 fully saturated rings. The Morgan fingerprint density at radius 1 is 0.738 bits per heavy atom. The van der Waals surface area contributed by atoms with Gasteiger partial charge in [0.1, 0.15) is 6.10 Å². The highest BCUT2D eigenvalue weighted by molar-refractivity contribution is 5.90. The molecule has 2 unspecified atom stereocenters. The van der Waals surface area contributed by atoms with Gasteiger partial charge in [-0.2, -0.15) is 0 Å². The first-order chi connectivity index (χ1) is 20.3.